The topological polar surface area (TPSA) is 54.9 Å². The first-order valence-electron chi connectivity index (χ1n) is 6.26. The van der Waals surface area contributed by atoms with Crippen molar-refractivity contribution in [1.82, 2.24) is 10.6 Å². The summed E-state index contributed by atoms with van der Waals surface area (Å²) in [7, 11) is 1.77. The molecule has 7 heteroatoms. The summed E-state index contributed by atoms with van der Waals surface area (Å²) in [6.07, 6.45) is 2.09. The van der Waals surface area contributed by atoms with Crippen LogP contribution in [0.3, 0.4) is 0 Å². The molecule has 1 aromatic rings. The van der Waals surface area contributed by atoms with Gasteiger partial charge in [-0.1, -0.05) is 0 Å². The van der Waals surface area contributed by atoms with Crippen molar-refractivity contribution in [3.05, 3.63) is 22.2 Å². The molecule has 0 bridgehead atoms. The lowest BCUT2D eigenvalue weighted by molar-refractivity contribution is 0.173. The van der Waals surface area contributed by atoms with E-state index < -0.39 is 0 Å². The average Bonchev–Trinajstić information content (AvgIpc) is 2.91. The van der Waals surface area contributed by atoms with Gasteiger partial charge in [-0.3, -0.25) is 4.99 Å². The number of hydrogen-bond donors (Lipinski definition) is 2. The quantitative estimate of drug-likeness (QED) is 0.479. The van der Waals surface area contributed by atoms with Crippen LogP contribution in [0.4, 0.5) is 0 Å². The van der Waals surface area contributed by atoms with Gasteiger partial charge in [0.15, 0.2) is 17.5 Å². The Morgan fingerprint density at radius 3 is 3.00 bits per heavy atom. The SMILES string of the molecule is CN=C(NCCSC)NCc1cc(Br)c2c(c1)OCO2. The molecule has 0 amide bonds. The zero-order valence-corrected chi connectivity index (χ0v) is 13.9. The molecule has 1 heterocycles. The Morgan fingerprint density at radius 2 is 2.25 bits per heavy atom. The van der Waals surface area contributed by atoms with E-state index in [4.69, 9.17) is 9.47 Å². The van der Waals surface area contributed by atoms with E-state index in [9.17, 15) is 0 Å². The lowest BCUT2D eigenvalue weighted by Crippen LogP contribution is -2.37. The maximum atomic E-state index is 5.40. The summed E-state index contributed by atoms with van der Waals surface area (Å²) in [4.78, 5) is 4.19. The maximum absolute atomic E-state index is 5.40. The van der Waals surface area contributed by atoms with Crippen molar-refractivity contribution < 1.29 is 9.47 Å². The molecule has 1 aliphatic heterocycles. The molecule has 0 radical (unpaired) electrons. The summed E-state index contributed by atoms with van der Waals surface area (Å²) in [5, 5.41) is 6.53. The summed E-state index contributed by atoms with van der Waals surface area (Å²) < 4.78 is 11.7. The predicted octanol–water partition coefficient (Wildman–Crippen LogP) is 2.21. The first kappa shape index (κ1) is 15.3. The number of nitrogens with one attached hydrogen (secondary N) is 2. The lowest BCUT2D eigenvalue weighted by Gasteiger charge is -2.12. The van der Waals surface area contributed by atoms with Gasteiger partial charge < -0.3 is 20.1 Å². The fourth-order valence-corrected chi connectivity index (χ4v) is 2.71. The number of aliphatic imine (C=N–C) groups is 1. The molecule has 0 fully saturated rings. The molecule has 110 valence electrons. The fraction of sp³-hybridized carbons (Fsp3) is 0.462. The van der Waals surface area contributed by atoms with Crippen molar-refractivity contribution >= 4 is 33.7 Å². The molecule has 0 aliphatic carbocycles. The first-order chi connectivity index (χ1) is 9.74. The number of thioether (sulfide) groups is 1. The van der Waals surface area contributed by atoms with Crippen LogP contribution in [0.2, 0.25) is 0 Å². The molecule has 0 saturated heterocycles. The monoisotopic (exact) mass is 359 g/mol. The number of nitrogens with zero attached hydrogens (tertiary/aromatic N) is 1. The molecule has 5 nitrogen and oxygen atoms in total. The van der Waals surface area contributed by atoms with E-state index in [2.05, 4.69) is 37.8 Å². The molecular formula is C13H18BrN3O2S. The predicted molar refractivity (Wildman–Crippen MR) is 86.8 cm³/mol. The number of guanidine groups is 1. The molecule has 2 rings (SSSR count). The Bertz CT molecular complexity index is 497. The highest BCUT2D eigenvalue weighted by Crippen LogP contribution is 2.39. The van der Waals surface area contributed by atoms with Gasteiger partial charge in [0.25, 0.3) is 0 Å². The van der Waals surface area contributed by atoms with Gasteiger partial charge in [-0.25, -0.2) is 0 Å². The second-order valence-electron chi connectivity index (χ2n) is 4.16. The van der Waals surface area contributed by atoms with Gasteiger partial charge in [0, 0.05) is 25.9 Å². The minimum atomic E-state index is 0.280. The third-order valence-electron chi connectivity index (χ3n) is 2.77. The molecule has 1 aromatic carbocycles. The molecule has 0 unspecified atom stereocenters. The van der Waals surface area contributed by atoms with Crippen LogP contribution >= 0.6 is 27.7 Å². The third kappa shape index (κ3) is 3.96. The van der Waals surface area contributed by atoms with Gasteiger partial charge in [0.2, 0.25) is 6.79 Å². The normalized spacial score (nSPS) is 13.4. The van der Waals surface area contributed by atoms with E-state index in [1.807, 2.05) is 12.1 Å². The zero-order valence-electron chi connectivity index (χ0n) is 11.5. The van der Waals surface area contributed by atoms with Crippen LogP contribution < -0.4 is 20.1 Å². The standard InChI is InChI=1S/C13H18BrN3O2S/c1-15-13(16-3-4-20-2)17-7-9-5-10(14)12-11(6-9)18-8-19-12/h5-6H,3-4,7-8H2,1-2H3,(H2,15,16,17). The van der Waals surface area contributed by atoms with E-state index in [0.717, 1.165) is 39.8 Å². The Hall–Kier alpha value is -1.08. The van der Waals surface area contributed by atoms with Crippen LogP contribution in [0.5, 0.6) is 11.5 Å². The molecular weight excluding hydrogens is 342 g/mol. The second-order valence-corrected chi connectivity index (χ2v) is 6.00. The van der Waals surface area contributed by atoms with Gasteiger partial charge in [0.05, 0.1) is 4.47 Å². The Labute approximate surface area is 131 Å². The summed E-state index contributed by atoms with van der Waals surface area (Å²) >= 11 is 5.29. The summed E-state index contributed by atoms with van der Waals surface area (Å²) in [6, 6.07) is 4.00. The fourth-order valence-electron chi connectivity index (χ4n) is 1.80. The van der Waals surface area contributed by atoms with Gasteiger partial charge in [-0.05, 0) is 39.9 Å². The Kier molecular flexibility index (Phi) is 5.85. The summed E-state index contributed by atoms with van der Waals surface area (Å²) in [5.41, 5.74) is 1.11. The van der Waals surface area contributed by atoms with E-state index in [1.165, 1.54) is 0 Å². The largest absolute Gasteiger partial charge is 0.454 e. The van der Waals surface area contributed by atoms with Crippen LogP contribution in [0.25, 0.3) is 0 Å². The van der Waals surface area contributed by atoms with Crippen LogP contribution in [-0.2, 0) is 6.54 Å². The number of rotatable bonds is 5. The zero-order chi connectivity index (χ0) is 14.4. The minimum absolute atomic E-state index is 0.280. The number of benzene rings is 1. The Morgan fingerprint density at radius 1 is 1.40 bits per heavy atom. The van der Waals surface area contributed by atoms with E-state index >= 15 is 0 Å². The molecule has 20 heavy (non-hydrogen) atoms. The summed E-state index contributed by atoms with van der Waals surface area (Å²) in [5.74, 6) is 3.40. The third-order valence-corrected chi connectivity index (χ3v) is 3.97. The van der Waals surface area contributed by atoms with E-state index in [1.54, 1.807) is 18.8 Å². The van der Waals surface area contributed by atoms with Crippen molar-refractivity contribution in [2.75, 3.05) is 32.4 Å². The van der Waals surface area contributed by atoms with Gasteiger partial charge in [-0.15, -0.1) is 0 Å². The highest BCUT2D eigenvalue weighted by atomic mass is 79.9. The molecule has 1 aliphatic rings. The van der Waals surface area contributed by atoms with Crippen molar-refractivity contribution in [2.24, 2.45) is 4.99 Å². The highest BCUT2D eigenvalue weighted by molar-refractivity contribution is 9.10. The van der Waals surface area contributed by atoms with Gasteiger partial charge in [-0.2, -0.15) is 11.8 Å². The van der Waals surface area contributed by atoms with Crippen LogP contribution in [-0.4, -0.2) is 38.4 Å². The van der Waals surface area contributed by atoms with E-state index in [0.29, 0.717) is 6.54 Å². The maximum Gasteiger partial charge on any atom is 0.231 e. The molecule has 0 saturated carbocycles. The average molecular weight is 360 g/mol. The van der Waals surface area contributed by atoms with E-state index in [-0.39, 0.29) is 6.79 Å². The molecule has 2 N–H and O–H groups in total. The van der Waals surface area contributed by atoms with Gasteiger partial charge >= 0.3 is 0 Å². The van der Waals surface area contributed by atoms with Crippen molar-refractivity contribution in [3.63, 3.8) is 0 Å². The molecule has 0 spiro atoms. The number of ether oxygens (including phenoxy) is 2. The summed E-state index contributed by atoms with van der Waals surface area (Å²) in [6.45, 7) is 1.85. The van der Waals surface area contributed by atoms with Gasteiger partial charge in [0.1, 0.15) is 0 Å². The number of hydrogen-bond acceptors (Lipinski definition) is 4. The van der Waals surface area contributed by atoms with Crippen molar-refractivity contribution in [2.45, 2.75) is 6.54 Å². The van der Waals surface area contributed by atoms with Crippen molar-refractivity contribution in [1.29, 1.82) is 0 Å². The lowest BCUT2D eigenvalue weighted by atomic mass is 10.2. The van der Waals surface area contributed by atoms with Crippen molar-refractivity contribution in [3.8, 4) is 11.5 Å². The smallest absolute Gasteiger partial charge is 0.231 e. The second kappa shape index (κ2) is 7.64. The van der Waals surface area contributed by atoms with Crippen LogP contribution in [0, 0.1) is 0 Å². The molecule has 0 aromatic heterocycles. The Balaban J connectivity index is 1.92. The van der Waals surface area contributed by atoms with Crippen LogP contribution in [0.15, 0.2) is 21.6 Å². The minimum Gasteiger partial charge on any atom is -0.454 e. The highest BCUT2D eigenvalue weighted by Gasteiger charge is 2.17. The number of fused-ring (bicyclic) bond motifs is 1. The van der Waals surface area contributed by atoms with Crippen LogP contribution in [0.1, 0.15) is 5.56 Å². The number of halogens is 1. The first-order valence-corrected chi connectivity index (χ1v) is 8.44. The molecule has 0 atom stereocenters.